The predicted molar refractivity (Wildman–Crippen MR) is 130 cm³/mol. The Morgan fingerprint density at radius 2 is 1.80 bits per heavy atom. The fraction of sp³-hybridized carbons (Fsp3) is 0.500. The lowest BCUT2D eigenvalue weighted by atomic mass is 9.86. The Kier molecular flexibility index (Phi) is 8.28. The molecule has 0 spiro atoms. The van der Waals surface area contributed by atoms with Gasteiger partial charge >= 0.3 is 0 Å². The van der Waals surface area contributed by atoms with E-state index in [4.69, 9.17) is 10.6 Å². The molecule has 0 bridgehead atoms. The minimum Gasteiger partial charge on any atom is -0.396 e. The number of benzene rings is 1. The first-order chi connectivity index (χ1) is 16.9. The number of carbonyl (C=O) groups is 1. The number of pyridine rings is 1. The van der Waals surface area contributed by atoms with E-state index in [0.717, 1.165) is 44.1 Å². The van der Waals surface area contributed by atoms with Gasteiger partial charge in [0.1, 0.15) is 24.1 Å². The molecule has 4 rings (SSSR count). The molecule has 1 aromatic heterocycles. The van der Waals surface area contributed by atoms with Gasteiger partial charge in [-0.3, -0.25) is 9.69 Å². The molecule has 2 aliphatic rings. The molecule has 0 aliphatic carbocycles. The third kappa shape index (κ3) is 6.33. The first kappa shape index (κ1) is 25.0. The quantitative estimate of drug-likeness (QED) is 0.476. The van der Waals surface area contributed by atoms with Crippen molar-refractivity contribution < 1.29 is 18.4 Å². The molecule has 2 fully saturated rings. The van der Waals surface area contributed by atoms with E-state index in [9.17, 15) is 13.6 Å². The zero-order chi connectivity index (χ0) is 24.8. The number of likely N-dealkylation sites (tertiary alicyclic amines) is 2. The molecule has 2 aromatic rings. The molecule has 0 radical (unpaired) electrons. The number of hydrogen-bond acceptors (Lipinski definition) is 6. The zero-order valence-electron chi connectivity index (χ0n) is 20.1. The van der Waals surface area contributed by atoms with Crippen molar-refractivity contribution in [2.75, 3.05) is 38.5 Å². The highest BCUT2D eigenvalue weighted by atomic mass is 19.1. The summed E-state index contributed by atoms with van der Waals surface area (Å²) in [6, 6.07) is 7.37. The van der Waals surface area contributed by atoms with Gasteiger partial charge in [-0.15, -0.1) is 0 Å². The van der Waals surface area contributed by atoms with Crippen molar-refractivity contribution in [3.63, 3.8) is 0 Å². The summed E-state index contributed by atoms with van der Waals surface area (Å²) in [5.41, 5.74) is 7.65. The van der Waals surface area contributed by atoms with Gasteiger partial charge in [-0.1, -0.05) is 5.16 Å². The van der Waals surface area contributed by atoms with Crippen molar-refractivity contribution in [1.29, 1.82) is 0 Å². The van der Waals surface area contributed by atoms with Crippen LogP contribution in [0.25, 0.3) is 0 Å². The number of amides is 1. The molecule has 0 unspecified atom stereocenters. The van der Waals surface area contributed by atoms with Crippen LogP contribution in [-0.4, -0.2) is 59.2 Å². The monoisotopic (exact) mass is 485 g/mol. The molecular weight excluding hydrogens is 452 g/mol. The van der Waals surface area contributed by atoms with E-state index in [1.54, 1.807) is 13.1 Å². The van der Waals surface area contributed by atoms with Crippen LogP contribution in [0.1, 0.15) is 43.7 Å². The molecule has 2 aliphatic heterocycles. The van der Waals surface area contributed by atoms with Crippen LogP contribution in [0, 0.1) is 23.5 Å². The van der Waals surface area contributed by atoms with E-state index < -0.39 is 11.6 Å². The van der Waals surface area contributed by atoms with E-state index >= 15 is 0 Å². The van der Waals surface area contributed by atoms with Crippen molar-refractivity contribution in [2.24, 2.45) is 17.0 Å². The lowest BCUT2D eigenvalue weighted by Crippen LogP contribution is -2.46. The number of halogens is 2. The van der Waals surface area contributed by atoms with Crippen LogP contribution in [0.3, 0.4) is 0 Å². The van der Waals surface area contributed by atoms with E-state index in [2.05, 4.69) is 15.0 Å². The Balaban J connectivity index is 1.31. The van der Waals surface area contributed by atoms with Gasteiger partial charge in [0, 0.05) is 49.3 Å². The van der Waals surface area contributed by atoms with Crippen molar-refractivity contribution in [3.05, 3.63) is 59.3 Å². The first-order valence-electron chi connectivity index (χ1n) is 12.3. The number of anilines is 1. The Morgan fingerprint density at radius 1 is 1.09 bits per heavy atom. The standard InChI is InChI=1S/C26H33F2N5O2/c1-2-35-31-25(22-4-3-21(27)16-23(22)28)19-8-13-33(14-9-19)26(34)20-6-11-32(12-7-20)17-18-5-10-30-24(29)15-18/h3-5,10,15-16,19-20H,2,6-9,11-14,17H2,1H3,(H2,29,30)/b31-25-. The average molecular weight is 486 g/mol. The van der Waals surface area contributed by atoms with Gasteiger partial charge in [-0.2, -0.15) is 0 Å². The zero-order valence-corrected chi connectivity index (χ0v) is 20.1. The third-order valence-electron chi connectivity index (χ3n) is 6.88. The molecular formula is C26H33F2N5O2. The largest absolute Gasteiger partial charge is 0.396 e. The molecule has 2 saturated heterocycles. The smallest absolute Gasteiger partial charge is 0.225 e. The van der Waals surface area contributed by atoms with Crippen LogP contribution in [0.2, 0.25) is 0 Å². The van der Waals surface area contributed by atoms with Gasteiger partial charge in [-0.05, 0) is 75.5 Å². The van der Waals surface area contributed by atoms with Crippen molar-refractivity contribution >= 4 is 17.4 Å². The summed E-state index contributed by atoms with van der Waals surface area (Å²) in [4.78, 5) is 26.8. The Labute approximate surface area is 204 Å². The maximum Gasteiger partial charge on any atom is 0.225 e. The molecule has 1 aromatic carbocycles. The summed E-state index contributed by atoms with van der Waals surface area (Å²) in [7, 11) is 0. The summed E-state index contributed by atoms with van der Waals surface area (Å²) in [5.74, 6) is -0.585. The lowest BCUT2D eigenvalue weighted by Gasteiger charge is -2.37. The Morgan fingerprint density at radius 3 is 2.46 bits per heavy atom. The predicted octanol–water partition coefficient (Wildman–Crippen LogP) is 3.83. The SMILES string of the molecule is CCO/N=C(\c1ccc(F)cc1F)C1CCN(C(=O)C2CCN(Cc3ccnc(N)c3)CC2)CC1. The van der Waals surface area contributed by atoms with Gasteiger partial charge in [-0.25, -0.2) is 13.8 Å². The highest BCUT2D eigenvalue weighted by molar-refractivity contribution is 6.02. The maximum absolute atomic E-state index is 14.5. The van der Waals surface area contributed by atoms with Gasteiger partial charge < -0.3 is 15.5 Å². The summed E-state index contributed by atoms with van der Waals surface area (Å²) < 4.78 is 27.9. The molecule has 7 nitrogen and oxygen atoms in total. The summed E-state index contributed by atoms with van der Waals surface area (Å²) in [5, 5.41) is 4.17. The summed E-state index contributed by atoms with van der Waals surface area (Å²) in [6.07, 6.45) is 4.71. The lowest BCUT2D eigenvalue weighted by molar-refractivity contribution is -0.138. The number of hydrogen-bond donors (Lipinski definition) is 1. The van der Waals surface area contributed by atoms with Crippen LogP contribution in [0.15, 0.2) is 41.7 Å². The highest BCUT2D eigenvalue weighted by Crippen LogP contribution is 2.28. The number of rotatable bonds is 7. The van der Waals surface area contributed by atoms with E-state index in [1.165, 1.54) is 12.1 Å². The van der Waals surface area contributed by atoms with Crippen molar-refractivity contribution in [2.45, 2.75) is 39.2 Å². The number of nitrogens with two attached hydrogens (primary N) is 1. The third-order valence-corrected chi connectivity index (χ3v) is 6.88. The Bertz CT molecular complexity index is 1050. The van der Waals surface area contributed by atoms with Crippen LogP contribution in [0.5, 0.6) is 0 Å². The molecule has 9 heteroatoms. The maximum atomic E-state index is 14.5. The van der Waals surface area contributed by atoms with E-state index in [1.807, 2.05) is 17.0 Å². The van der Waals surface area contributed by atoms with E-state index in [0.29, 0.717) is 44.1 Å². The number of piperidine rings is 2. The second-order valence-corrected chi connectivity index (χ2v) is 9.26. The summed E-state index contributed by atoms with van der Waals surface area (Å²) in [6.45, 7) is 5.88. The number of carbonyl (C=O) groups excluding carboxylic acids is 1. The highest BCUT2D eigenvalue weighted by Gasteiger charge is 2.33. The number of aromatic nitrogens is 1. The molecule has 35 heavy (non-hydrogen) atoms. The van der Waals surface area contributed by atoms with Gasteiger partial charge in [0.15, 0.2) is 0 Å². The van der Waals surface area contributed by atoms with Crippen molar-refractivity contribution in [1.82, 2.24) is 14.8 Å². The van der Waals surface area contributed by atoms with Gasteiger partial charge in [0.25, 0.3) is 0 Å². The minimum atomic E-state index is -0.650. The second kappa shape index (κ2) is 11.6. The molecule has 0 saturated carbocycles. The van der Waals surface area contributed by atoms with Crippen LogP contribution >= 0.6 is 0 Å². The molecule has 2 N–H and O–H groups in total. The fourth-order valence-electron chi connectivity index (χ4n) is 5.00. The molecule has 1 amide bonds. The van der Waals surface area contributed by atoms with Crippen LogP contribution < -0.4 is 5.73 Å². The Hall–Kier alpha value is -3.07. The minimum absolute atomic E-state index is 0.0245. The molecule has 188 valence electrons. The number of nitrogen functional groups attached to an aromatic ring is 1. The number of nitrogens with zero attached hydrogens (tertiary/aromatic N) is 4. The van der Waals surface area contributed by atoms with Gasteiger partial charge in [0.05, 0.1) is 5.71 Å². The van der Waals surface area contributed by atoms with Crippen LogP contribution in [0.4, 0.5) is 14.6 Å². The van der Waals surface area contributed by atoms with Crippen molar-refractivity contribution in [3.8, 4) is 0 Å². The normalized spacial score (nSPS) is 18.6. The average Bonchev–Trinajstić information content (AvgIpc) is 2.86. The second-order valence-electron chi connectivity index (χ2n) is 9.26. The van der Waals surface area contributed by atoms with Crippen LogP contribution in [-0.2, 0) is 16.2 Å². The van der Waals surface area contributed by atoms with E-state index in [-0.39, 0.29) is 23.3 Å². The summed E-state index contributed by atoms with van der Waals surface area (Å²) >= 11 is 0. The fourth-order valence-corrected chi connectivity index (χ4v) is 5.00. The topological polar surface area (TPSA) is 84.0 Å². The first-order valence-corrected chi connectivity index (χ1v) is 12.3. The number of oxime groups is 1. The molecule has 3 heterocycles. The molecule has 0 atom stereocenters. The van der Waals surface area contributed by atoms with Gasteiger partial charge in [0.2, 0.25) is 5.91 Å².